The van der Waals surface area contributed by atoms with Crippen LogP contribution in [0.2, 0.25) is 0 Å². The van der Waals surface area contributed by atoms with E-state index in [1.807, 2.05) is 19.1 Å². The summed E-state index contributed by atoms with van der Waals surface area (Å²) >= 11 is 0. The monoisotopic (exact) mass is 350 g/mol. The molecule has 1 aromatic heterocycles. The molecule has 2 aromatic carbocycles. The summed E-state index contributed by atoms with van der Waals surface area (Å²) in [6, 6.07) is 12.1. The number of nitrogens with one attached hydrogen (secondary N) is 1. The second-order valence-electron chi connectivity index (χ2n) is 5.63. The van der Waals surface area contributed by atoms with Gasteiger partial charge < -0.3 is 9.15 Å². The van der Waals surface area contributed by atoms with Crippen molar-refractivity contribution in [1.29, 1.82) is 0 Å². The van der Waals surface area contributed by atoms with Crippen molar-refractivity contribution < 1.29 is 13.9 Å². The lowest BCUT2D eigenvalue weighted by molar-refractivity contribution is 0.0955. The van der Waals surface area contributed by atoms with Crippen LogP contribution < -0.4 is 15.6 Å². The third-order valence-electron chi connectivity index (χ3n) is 3.99. The van der Waals surface area contributed by atoms with Crippen molar-refractivity contribution in [1.82, 2.24) is 5.43 Å². The van der Waals surface area contributed by atoms with Gasteiger partial charge in [-0.25, -0.2) is 5.43 Å². The fraction of sp³-hybridized carbons (Fsp3) is 0.150. The Morgan fingerprint density at radius 2 is 2.00 bits per heavy atom. The number of nitrogens with zero attached hydrogens (tertiary/aromatic N) is 1. The lowest BCUT2D eigenvalue weighted by Gasteiger charge is -2.02. The zero-order chi connectivity index (χ0) is 18.5. The Balaban J connectivity index is 1.78. The molecule has 1 heterocycles. The second-order valence-corrected chi connectivity index (χ2v) is 5.63. The number of carbonyl (C=O) groups is 1. The summed E-state index contributed by atoms with van der Waals surface area (Å²) in [4.78, 5) is 24.6. The summed E-state index contributed by atoms with van der Waals surface area (Å²) in [5.41, 5.74) is 4.47. The average Bonchev–Trinajstić information content (AvgIpc) is 2.69. The van der Waals surface area contributed by atoms with E-state index >= 15 is 0 Å². The fourth-order valence-corrected chi connectivity index (χ4v) is 2.47. The highest BCUT2D eigenvalue weighted by molar-refractivity contribution is 5.95. The molecule has 3 aromatic rings. The van der Waals surface area contributed by atoms with E-state index in [1.54, 1.807) is 37.4 Å². The van der Waals surface area contributed by atoms with Crippen molar-refractivity contribution in [2.75, 3.05) is 7.11 Å². The Labute approximate surface area is 150 Å². The molecule has 0 aliphatic rings. The van der Waals surface area contributed by atoms with Gasteiger partial charge >= 0.3 is 0 Å². The van der Waals surface area contributed by atoms with Gasteiger partial charge in [0, 0.05) is 5.56 Å². The molecule has 26 heavy (non-hydrogen) atoms. The first-order valence-corrected chi connectivity index (χ1v) is 8.14. The number of methoxy groups -OCH3 is 1. The van der Waals surface area contributed by atoms with Crippen LogP contribution in [0.4, 0.5) is 0 Å². The van der Waals surface area contributed by atoms with Crippen LogP contribution in [-0.4, -0.2) is 19.2 Å². The van der Waals surface area contributed by atoms with Gasteiger partial charge in [0.15, 0.2) is 0 Å². The Hall–Kier alpha value is -3.41. The smallest absolute Gasteiger partial charge is 0.271 e. The molecule has 6 nitrogen and oxygen atoms in total. The van der Waals surface area contributed by atoms with Crippen LogP contribution in [0.3, 0.4) is 0 Å². The molecule has 0 saturated carbocycles. The number of hydrazone groups is 1. The van der Waals surface area contributed by atoms with Gasteiger partial charge in [0.2, 0.25) is 5.43 Å². The molecule has 1 N–H and O–H groups in total. The Morgan fingerprint density at radius 1 is 1.23 bits per heavy atom. The van der Waals surface area contributed by atoms with Crippen molar-refractivity contribution in [3.05, 3.63) is 75.6 Å². The van der Waals surface area contributed by atoms with E-state index in [9.17, 15) is 9.59 Å². The van der Waals surface area contributed by atoms with Crippen molar-refractivity contribution in [3.63, 3.8) is 0 Å². The Morgan fingerprint density at radius 3 is 2.69 bits per heavy atom. The van der Waals surface area contributed by atoms with Crippen molar-refractivity contribution >= 4 is 23.1 Å². The number of ether oxygens (including phenoxy) is 1. The van der Waals surface area contributed by atoms with Gasteiger partial charge in [0.05, 0.1) is 24.3 Å². The quantitative estimate of drug-likeness (QED) is 0.566. The molecule has 1 amide bonds. The largest absolute Gasteiger partial charge is 0.497 e. The number of benzene rings is 2. The summed E-state index contributed by atoms with van der Waals surface area (Å²) < 4.78 is 10.5. The second kappa shape index (κ2) is 7.65. The molecule has 0 spiro atoms. The van der Waals surface area contributed by atoms with E-state index in [2.05, 4.69) is 10.5 Å². The molecule has 132 valence electrons. The molecule has 0 aliphatic carbocycles. The van der Waals surface area contributed by atoms with E-state index < -0.39 is 0 Å². The molecule has 3 rings (SSSR count). The maximum absolute atomic E-state index is 12.5. The van der Waals surface area contributed by atoms with Gasteiger partial charge in [-0.1, -0.05) is 13.0 Å². The third kappa shape index (κ3) is 3.64. The van der Waals surface area contributed by atoms with Gasteiger partial charge in [-0.3, -0.25) is 9.59 Å². The molecule has 0 fully saturated rings. The van der Waals surface area contributed by atoms with Crippen molar-refractivity contribution in [3.8, 4) is 5.75 Å². The van der Waals surface area contributed by atoms with Crippen LogP contribution in [0.25, 0.3) is 11.0 Å². The molecule has 0 unspecified atom stereocenters. The summed E-state index contributed by atoms with van der Waals surface area (Å²) in [7, 11) is 1.55. The predicted octanol–water partition coefficient (Wildman–Crippen LogP) is 3.13. The number of aryl methyl sites for hydroxylation is 1. The highest BCUT2D eigenvalue weighted by Gasteiger charge is 2.07. The molecule has 0 radical (unpaired) electrons. The zero-order valence-electron chi connectivity index (χ0n) is 14.5. The van der Waals surface area contributed by atoms with Crippen LogP contribution in [0.15, 0.2) is 63.0 Å². The van der Waals surface area contributed by atoms with Gasteiger partial charge in [-0.05, 0) is 48.4 Å². The summed E-state index contributed by atoms with van der Waals surface area (Å²) in [6.07, 6.45) is 3.44. The van der Waals surface area contributed by atoms with E-state index in [0.29, 0.717) is 22.3 Å². The predicted molar refractivity (Wildman–Crippen MR) is 99.9 cm³/mol. The average molecular weight is 350 g/mol. The van der Waals surface area contributed by atoms with Gasteiger partial charge in [-0.15, -0.1) is 0 Å². The summed E-state index contributed by atoms with van der Waals surface area (Å²) in [5, 5.41) is 4.35. The normalized spacial score (nSPS) is 11.0. The topological polar surface area (TPSA) is 80.9 Å². The van der Waals surface area contributed by atoms with Crippen LogP contribution in [0, 0.1) is 0 Å². The number of hydrogen-bond donors (Lipinski definition) is 1. The number of fused-ring (bicyclic) bond motifs is 1. The van der Waals surface area contributed by atoms with Crippen molar-refractivity contribution in [2.24, 2.45) is 5.10 Å². The van der Waals surface area contributed by atoms with E-state index in [0.717, 1.165) is 12.0 Å². The first-order chi connectivity index (χ1) is 12.6. The van der Waals surface area contributed by atoms with Crippen molar-refractivity contribution in [2.45, 2.75) is 13.3 Å². The third-order valence-corrected chi connectivity index (χ3v) is 3.99. The van der Waals surface area contributed by atoms with Crippen LogP contribution >= 0.6 is 0 Å². The molecule has 6 heteroatoms. The molecular formula is C20H18N2O4. The number of rotatable bonds is 5. The van der Waals surface area contributed by atoms with Crippen LogP contribution in [0.1, 0.15) is 28.4 Å². The lowest BCUT2D eigenvalue weighted by atomic mass is 10.1. The number of hydrogen-bond acceptors (Lipinski definition) is 5. The standard InChI is InChI=1S/C20H18N2O4/c1-3-13-4-9-18-17(10-13)19(23)15(12-26-18)11-21-22-20(24)14-5-7-16(25-2)8-6-14/h4-12H,3H2,1-2H3,(H,22,24)/b21-11+. The minimum absolute atomic E-state index is 0.191. The molecule has 0 aliphatic heterocycles. The van der Waals surface area contributed by atoms with E-state index in [-0.39, 0.29) is 16.9 Å². The zero-order valence-corrected chi connectivity index (χ0v) is 14.5. The summed E-state index contributed by atoms with van der Waals surface area (Å²) in [5.74, 6) is 0.271. The summed E-state index contributed by atoms with van der Waals surface area (Å²) in [6.45, 7) is 2.02. The van der Waals surface area contributed by atoms with Crippen LogP contribution in [-0.2, 0) is 6.42 Å². The molecule has 0 saturated heterocycles. The van der Waals surface area contributed by atoms with E-state index in [1.165, 1.54) is 12.5 Å². The first-order valence-electron chi connectivity index (χ1n) is 8.14. The Kier molecular flexibility index (Phi) is 5.12. The SMILES string of the molecule is CCc1ccc2occ(/C=N/NC(=O)c3ccc(OC)cc3)c(=O)c2c1. The molecule has 0 atom stereocenters. The van der Waals surface area contributed by atoms with Crippen LogP contribution in [0.5, 0.6) is 5.75 Å². The van der Waals surface area contributed by atoms with Gasteiger partial charge in [0.25, 0.3) is 5.91 Å². The first kappa shape index (κ1) is 17.4. The minimum atomic E-state index is -0.387. The molecule has 0 bridgehead atoms. The highest BCUT2D eigenvalue weighted by Crippen LogP contribution is 2.14. The van der Waals surface area contributed by atoms with Gasteiger partial charge in [-0.2, -0.15) is 5.10 Å². The minimum Gasteiger partial charge on any atom is -0.497 e. The van der Waals surface area contributed by atoms with Gasteiger partial charge in [0.1, 0.15) is 17.6 Å². The highest BCUT2D eigenvalue weighted by atomic mass is 16.5. The number of carbonyl (C=O) groups excluding carboxylic acids is 1. The van der Waals surface area contributed by atoms with E-state index in [4.69, 9.17) is 9.15 Å². The molecular weight excluding hydrogens is 332 g/mol. The maximum Gasteiger partial charge on any atom is 0.271 e. The maximum atomic E-state index is 12.5. The fourth-order valence-electron chi connectivity index (χ4n) is 2.47. The number of amides is 1. The Bertz CT molecular complexity index is 1020. The lowest BCUT2D eigenvalue weighted by Crippen LogP contribution is -2.18.